The lowest BCUT2D eigenvalue weighted by atomic mass is 9.85. The number of hydrogen-bond donors (Lipinski definition) is 1. The molecular weight excluding hydrogens is 319 g/mol. The first-order valence-corrected chi connectivity index (χ1v) is 8.81. The van der Waals surface area contributed by atoms with Crippen LogP contribution in [0.5, 0.6) is 0 Å². The Morgan fingerprint density at radius 1 is 1.08 bits per heavy atom. The van der Waals surface area contributed by atoms with Crippen LogP contribution in [0.3, 0.4) is 0 Å². The van der Waals surface area contributed by atoms with Crippen LogP contribution in [-0.4, -0.2) is 27.9 Å². The number of H-pyrrole nitrogens is 1. The van der Waals surface area contributed by atoms with E-state index in [0.717, 1.165) is 36.9 Å². The number of carbonyl (C=O) groups excluding carboxylic acids is 1. The van der Waals surface area contributed by atoms with Crippen molar-refractivity contribution in [3.8, 4) is 0 Å². The molecule has 25 heavy (non-hydrogen) atoms. The van der Waals surface area contributed by atoms with Crippen molar-refractivity contribution in [2.24, 2.45) is 0 Å². The van der Waals surface area contributed by atoms with Crippen molar-refractivity contribution >= 4 is 5.91 Å². The molecule has 3 heterocycles. The normalized spacial score (nSPS) is 25.2. The van der Waals surface area contributed by atoms with Gasteiger partial charge >= 0.3 is 0 Å². The molecule has 1 aromatic heterocycles. The number of halogens is 1. The predicted molar refractivity (Wildman–Crippen MR) is 93.2 cm³/mol. The molecular formula is C20H21FN2O2. The summed E-state index contributed by atoms with van der Waals surface area (Å²) < 4.78 is 13.2. The first-order valence-electron chi connectivity index (χ1n) is 8.81. The minimum Gasteiger partial charge on any atom is -0.332 e. The molecule has 2 aliphatic rings. The highest BCUT2D eigenvalue weighted by molar-refractivity contribution is 5.94. The highest BCUT2D eigenvalue weighted by atomic mass is 19.1. The van der Waals surface area contributed by atoms with Gasteiger partial charge in [0.1, 0.15) is 11.4 Å². The summed E-state index contributed by atoms with van der Waals surface area (Å²) in [4.78, 5) is 29.7. The number of aromatic amines is 1. The summed E-state index contributed by atoms with van der Waals surface area (Å²) in [6.45, 7) is 1.80. The van der Waals surface area contributed by atoms with Gasteiger partial charge in [0, 0.05) is 17.8 Å². The van der Waals surface area contributed by atoms with Gasteiger partial charge in [0.15, 0.2) is 0 Å². The van der Waals surface area contributed by atoms with E-state index in [2.05, 4.69) is 4.98 Å². The van der Waals surface area contributed by atoms with Crippen molar-refractivity contribution in [2.75, 3.05) is 0 Å². The molecule has 4 rings (SSSR count). The first-order chi connectivity index (χ1) is 12.0. The summed E-state index contributed by atoms with van der Waals surface area (Å²) >= 11 is 0. The Hall–Kier alpha value is -2.43. The summed E-state index contributed by atoms with van der Waals surface area (Å²) in [6.07, 6.45) is 3.69. The lowest BCUT2D eigenvalue weighted by Gasteiger charge is -2.39. The molecule has 130 valence electrons. The van der Waals surface area contributed by atoms with Gasteiger partial charge in [-0.2, -0.15) is 0 Å². The third-order valence-corrected chi connectivity index (χ3v) is 5.59. The fourth-order valence-electron chi connectivity index (χ4n) is 4.40. The Labute approximate surface area is 145 Å². The number of nitrogens with one attached hydrogen (secondary N) is 1. The minimum absolute atomic E-state index is 0.155. The van der Waals surface area contributed by atoms with Crippen molar-refractivity contribution in [1.29, 1.82) is 0 Å². The van der Waals surface area contributed by atoms with E-state index >= 15 is 0 Å². The van der Waals surface area contributed by atoms with Gasteiger partial charge in [-0.05, 0) is 68.4 Å². The minimum atomic E-state index is -0.315. The first kappa shape index (κ1) is 16.1. The molecule has 0 saturated carbocycles. The number of benzene rings is 1. The summed E-state index contributed by atoms with van der Waals surface area (Å²) in [5.41, 5.74) is 1.80. The molecule has 2 aliphatic heterocycles. The van der Waals surface area contributed by atoms with E-state index in [1.54, 1.807) is 19.1 Å². The predicted octanol–water partition coefficient (Wildman–Crippen LogP) is 3.37. The molecule has 1 N–H and O–H groups in total. The van der Waals surface area contributed by atoms with Gasteiger partial charge in [-0.1, -0.05) is 12.1 Å². The Bertz CT molecular complexity index is 845. The van der Waals surface area contributed by atoms with Crippen molar-refractivity contribution in [3.05, 3.63) is 69.4 Å². The summed E-state index contributed by atoms with van der Waals surface area (Å²) in [5, 5.41) is 0. The Morgan fingerprint density at radius 3 is 2.32 bits per heavy atom. The molecule has 0 aliphatic carbocycles. The van der Waals surface area contributed by atoms with Crippen LogP contribution in [0.4, 0.5) is 4.39 Å². The molecule has 1 amide bonds. The van der Waals surface area contributed by atoms with E-state index in [1.807, 2.05) is 17.0 Å². The van der Waals surface area contributed by atoms with Gasteiger partial charge in [0.05, 0.1) is 0 Å². The van der Waals surface area contributed by atoms with E-state index in [4.69, 9.17) is 0 Å². The maximum Gasteiger partial charge on any atom is 0.260 e. The molecule has 2 saturated heterocycles. The molecule has 2 fully saturated rings. The molecule has 2 bridgehead atoms. The van der Waals surface area contributed by atoms with Gasteiger partial charge in [-0.25, -0.2) is 4.39 Å². The SMILES string of the molecule is Cc1ccc(C(=O)N2[C@@H]3CC[C@H]2CC(c2ccc(F)cc2)C3)c(=O)[nH]1. The monoisotopic (exact) mass is 340 g/mol. The largest absolute Gasteiger partial charge is 0.332 e. The number of fused-ring (bicyclic) bond motifs is 2. The van der Waals surface area contributed by atoms with E-state index in [0.29, 0.717) is 5.92 Å². The molecule has 2 aromatic rings. The molecule has 1 aromatic carbocycles. The van der Waals surface area contributed by atoms with E-state index in [9.17, 15) is 14.0 Å². The van der Waals surface area contributed by atoms with Crippen LogP contribution < -0.4 is 5.56 Å². The number of nitrogens with zero attached hydrogens (tertiary/aromatic N) is 1. The van der Waals surface area contributed by atoms with Gasteiger partial charge in [-0.15, -0.1) is 0 Å². The van der Waals surface area contributed by atoms with Crippen LogP contribution in [-0.2, 0) is 0 Å². The topological polar surface area (TPSA) is 53.2 Å². The van der Waals surface area contributed by atoms with Crippen LogP contribution in [0, 0.1) is 12.7 Å². The van der Waals surface area contributed by atoms with Crippen LogP contribution in [0.15, 0.2) is 41.2 Å². The van der Waals surface area contributed by atoms with Crippen molar-refractivity contribution in [3.63, 3.8) is 0 Å². The van der Waals surface area contributed by atoms with Gasteiger partial charge < -0.3 is 9.88 Å². The van der Waals surface area contributed by atoms with Crippen molar-refractivity contribution in [2.45, 2.75) is 50.6 Å². The number of carbonyl (C=O) groups is 1. The van der Waals surface area contributed by atoms with Crippen molar-refractivity contribution < 1.29 is 9.18 Å². The van der Waals surface area contributed by atoms with E-state index < -0.39 is 0 Å². The molecule has 1 unspecified atom stereocenters. The fraction of sp³-hybridized carbons (Fsp3) is 0.400. The molecule has 0 radical (unpaired) electrons. The lowest BCUT2D eigenvalue weighted by molar-refractivity contribution is 0.0569. The number of piperidine rings is 1. The zero-order valence-corrected chi connectivity index (χ0v) is 14.2. The summed E-state index contributed by atoms with van der Waals surface area (Å²) in [7, 11) is 0. The Morgan fingerprint density at radius 2 is 1.72 bits per heavy atom. The van der Waals surface area contributed by atoms with Crippen LogP contribution in [0.25, 0.3) is 0 Å². The molecule has 4 nitrogen and oxygen atoms in total. The maximum atomic E-state index is 13.2. The molecule has 3 atom stereocenters. The quantitative estimate of drug-likeness (QED) is 0.911. The number of amides is 1. The molecule has 0 spiro atoms. The number of pyridine rings is 1. The third kappa shape index (κ3) is 2.88. The molecule has 5 heteroatoms. The summed E-state index contributed by atoms with van der Waals surface area (Å²) in [6, 6.07) is 10.4. The Balaban J connectivity index is 1.57. The van der Waals surface area contributed by atoms with Crippen molar-refractivity contribution in [1.82, 2.24) is 9.88 Å². The second-order valence-corrected chi connectivity index (χ2v) is 7.20. The number of hydrogen-bond acceptors (Lipinski definition) is 2. The highest BCUT2D eigenvalue weighted by Gasteiger charge is 2.44. The third-order valence-electron chi connectivity index (χ3n) is 5.59. The number of aromatic nitrogens is 1. The summed E-state index contributed by atoms with van der Waals surface area (Å²) in [5.74, 6) is -0.0392. The lowest BCUT2D eigenvalue weighted by Crippen LogP contribution is -2.47. The van der Waals surface area contributed by atoms with Gasteiger partial charge in [0.2, 0.25) is 0 Å². The second kappa shape index (κ2) is 6.14. The van der Waals surface area contributed by atoms with Crippen LogP contribution in [0.2, 0.25) is 0 Å². The van der Waals surface area contributed by atoms with Gasteiger partial charge in [-0.3, -0.25) is 9.59 Å². The number of rotatable bonds is 2. The smallest absolute Gasteiger partial charge is 0.260 e. The average molecular weight is 340 g/mol. The van der Waals surface area contributed by atoms with Crippen LogP contribution >= 0.6 is 0 Å². The highest BCUT2D eigenvalue weighted by Crippen LogP contribution is 2.43. The van der Waals surface area contributed by atoms with Crippen LogP contribution in [0.1, 0.15) is 53.2 Å². The second-order valence-electron chi connectivity index (χ2n) is 7.20. The number of aryl methyl sites for hydroxylation is 1. The zero-order valence-electron chi connectivity index (χ0n) is 14.2. The average Bonchev–Trinajstić information content (AvgIpc) is 2.85. The van der Waals surface area contributed by atoms with E-state index in [-0.39, 0.29) is 34.9 Å². The fourth-order valence-corrected chi connectivity index (χ4v) is 4.40. The Kier molecular flexibility index (Phi) is 3.94. The van der Waals surface area contributed by atoms with E-state index in [1.165, 1.54) is 12.1 Å². The van der Waals surface area contributed by atoms with Gasteiger partial charge in [0.25, 0.3) is 11.5 Å². The zero-order chi connectivity index (χ0) is 17.6. The maximum absolute atomic E-state index is 13.2. The standard InChI is InChI=1S/C20H21FN2O2/c1-12-2-9-18(19(24)22-12)20(25)23-16-7-8-17(23)11-14(10-16)13-3-5-15(21)6-4-13/h2-6,9,14,16-17H,7-8,10-11H2,1H3,(H,22,24)/t14?,16-,17+.